The molecule has 0 fully saturated rings. The highest BCUT2D eigenvalue weighted by molar-refractivity contribution is 6.31. The number of allylic oxidation sites excluding steroid dienone is 1. The topological polar surface area (TPSA) is 33.0 Å². The summed E-state index contributed by atoms with van der Waals surface area (Å²) in [5, 5.41) is 9.26. The molecule has 3 heteroatoms. The van der Waals surface area contributed by atoms with Crippen LogP contribution in [-0.2, 0) is 6.42 Å². The van der Waals surface area contributed by atoms with Crippen LogP contribution in [0.1, 0.15) is 16.7 Å². The first-order chi connectivity index (χ1) is 9.65. The van der Waals surface area contributed by atoms with Crippen LogP contribution in [0.2, 0.25) is 5.02 Å². The maximum absolute atomic E-state index is 8.87. The molecule has 0 radical (unpaired) electrons. The number of hydrogen-bond acceptors (Lipinski definition) is 2. The van der Waals surface area contributed by atoms with Crippen LogP contribution in [0.4, 0.5) is 0 Å². The first kappa shape index (κ1) is 14.2. The van der Waals surface area contributed by atoms with Gasteiger partial charge in [0.05, 0.1) is 10.6 Å². The zero-order valence-electron chi connectivity index (χ0n) is 11.2. The molecule has 0 bridgehead atoms. The molecular formula is C17H14ClNO. The Morgan fingerprint density at radius 3 is 2.80 bits per heavy atom. The minimum atomic E-state index is 0.392. The normalized spacial score (nSPS) is 9.85. The maximum Gasteiger partial charge on any atom is 0.133 e. The number of nitriles is 1. The lowest BCUT2D eigenvalue weighted by molar-refractivity contribution is 0.474. The highest BCUT2D eigenvalue weighted by Gasteiger charge is 2.09. The molecule has 0 saturated heterocycles. The Bertz CT molecular complexity index is 686. The van der Waals surface area contributed by atoms with Gasteiger partial charge in [0.1, 0.15) is 17.6 Å². The number of para-hydroxylation sites is 1. The molecule has 100 valence electrons. The Labute approximate surface area is 123 Å². The monoisotopic (exact) mass is 283 g/mol. The Morgan fingerprint density at radius 1 is 1.35 bits per heavy atom. The summed E-state index contributed by atoms with van der Waals surface area (Å²) >= 11 is 6.02. The van der Waals surface area contributed by atoms with E-state index in [1.807, 2.05) is 37.3 Å². The first-order valence-corrected chi connectivity index (χ1v) is 6.60. The van der Waals surface area contributed by atoms with Crippen LogP contribution in [0.5, 0.6) is 11.5 Å². The fourth-order valence-electron chi connectivity index (χ4n) is 1.94. The summed E-state index contributed by atoms with van der Waals surface area (Å²) < 4.78 is 5.93. The van der Waals surface area contributed by atoms with E-state index < -0.39 is 0 Å². The van der Waals surface area contributed by atoms with E-state index in [1.165, 1.54) is 0 Å². The first-order valence-electron chi connectivity index (χ1n) is 6.22. The molecular weight excluding hydrogens is 270 g/mol. The molecule has 0 aliphatic carbocycles. The lowest BCUT2D eigenvalue weighted by atomic mass is 10.1. The van der Waals surface area contributed by atoms with Crippen molar-refractivity contribution in [1.29, 1.82) is 5.26 Å². The van der Waals surface area contributed by atoms with Gasteiger partial charge >= 0.3 is 0 Å². The molecule has 0 spiro atoms. The zero-order valence-corrected chi connectivity index (χ0v) is 11.9. The standard InChI is InChI=1S/C17H14ClNO/c1-3-5-13-7-4-6-12(2)17(13)20-15-9-8-14(11-19)16(18)10-15/h3-4,6-10H,1,5H2,2H3. The largest absolute Gasteiger partial charge is 0.457 e. The Balaban J connectivity index is 2.37. The third kappa shape index (κ3) is 3.01. The molecule has 0 aliphatic rings. The number of halogens is 1. The van der Waals surface area contributed by atoms with Gasteiger partial charge in [-0.2, -0.15) is 5.26 Å². The summed E-state index contributed by atoms with van der Waals surface area (Å²) in [6.45, 7) is 5.75. The van der Waals surface area contributed by atoms with Gasteiger partial charge in [-0.1, -0.05) is 35.9 Å². The van der Waals surface area contributed by atoms with Crippen LogP contribution >= 0.6 is 11.6 Å². The van der Waals surface area contributed by atoms with Crippen molar-refractivity contribution >= 4 is 11.6 Å². The van der Waals surface area contributed by atoms with E-state index >= 15 is 0 Å². The van der Waals surface area contributed by atoms with Crippen molar-refractivity contribution in [1.82, 2.24) is 0 Å². The van der Waals surface area contributed by atoms with E-state index in [0.29, 0.717) is 16.3 Å². The number of aryl methyl sites for hydroxylation is 1. The van der Waals surface area contributed by atoms with Crippen molar-refractivity contribution in [2.75, 3.05) is 0 Å². The second-order valence-electron chi connectivity index (χ2n) is 4.41. The van der Waals surface area contributed by atoms with Gasteiger partial charge in [-0.15, -0.1) is 6.58 Å². The quantitative estimate of drug-likeness (QED) is 0.736. The summed E-state index contributed by atoms with van der Waals surface area (Å²) in [6.07, 6.45) is 2.58. The van der Waals surface area contributed by atoms with Crippen LogP contribution < -0.4 is 4.74 Å². The van der Waals surface area contributed by atoms with Crippen molar-refractivity contribution in [3.63, 3.8) is 0 Å². The molecule has 0 aliphatic heterocycles. The van der Waals surface area contributed by atoms with Gasteiger partial charge in [0.15, 0.2) is 0 Å². The average molecular weight is 284 g/mol. The van der Waals surface area contributed by atoms with Gasteiger partial charge in [0.2, 0.25) is 0 Å². The lowest BCUT2D eigenvalue weighted by Gasteiger charge is -2.13. The summed E-state index contributed by atoms with van der Waals surface area (Å²) in [4.78, 5) is 0. The van der Waals surface area contributed by atoms with E-state index in [2.05, 4.69) is 6.58 Å². The van der Waals surface area contributed by atoms with Gasteiger partial charge < -0.3 is 4.74 Å². The Morgan fingerprint density at radius 2 is 2.15 bits per heavy atom. The van der Waals surface area contributed by atoms with Crippen LogP contribution in [0, 0.1) is 18.3 Å². The van der Waals surface area contributed by atoms with E-state index in [4.69, 9.17) is 21.6 Å². The molecule has 0 amide bonds. The Kier molecular flexibility index (Phi) is 4.45. The molecule has 0 unspecified atom stereocenters. The number of nitrogens with zero attached hydrogens (tertiary/aromatic N) is 1. The summed E-state index contributed by atoms with van der Waals surface area (Å²) in [5.74, 6) is 1.43. The van der Waals surface area contributed by atoms with Crippen molar-refractivity contribution in [2.45, 2.75) is 13.3 Å². The highest BCUT2D eigenvalue weighted by atomic mass is 35.5. The molecule has 0 heterocycles. The fraction of sp³-hybridized carbons (Fsp3) is 0.118. The van der Waals surface area contributed by atoms with Crippen LogP contribution in [0.25, 0.3) is 0 Å². The van der Waals surface area contributed by atoms with E-state index in [-0.39, 0.29) is 0 Å². The molecule has 2 aromatic carbocycles. The van der Waals surface area contributed by atoms with E-state index in [9.17, 15) is 0 Å². The van der Waals surface area contributed by atoms with Gasteiger partial charge in [0.25, 0.3) is 0 Å². The lowest BCUT2D eigenvalue weighted by Crippen LogP contribution is -1.94. The molecule has 20 heavy (non-hydrogen) atoms. The second kappa shape index (κ2) is 6.27. The SMILES string of the molecule is C=CCc1cccc(C)c1Oc1ccc(C#N)c(Cl)c1. The third-order valence-corrected chi connectivity index (χ3v) is 3.25. The maximum atomic E-state index is 8.87. The van der Waals surface area contributed by atoms with Crippen molar-refractivity contribution in [3.05, 3.63) is 70.8 Å². The van der Waals surface area contributed by atoms with Crippen LogP contribution in [0.3, 0.4) is 0 Å². The van der Waals surface area contributed by atoms with Crippen molar-refractivity contribution in [2.24, 2.45) is 0 Å². The summed E-state index contributed by atoms with van der Waals surface area (Å²) in [7, 11) is 0. The Hall–Kier alpha value is -2.24. The minimum absolute atomic E-state index is 0.392. The number of benzene rings is 2. The number of rotatable bonds is 4. The minimum Gasteiger partial charge on any atom is -0.457 e. The molecule has 0 saturated carbocycles. The molecule has 0 N–H and O–H groups in total. The van der Waals surface area contributed by atoms with Crippen molar-refractivity contribution < 1.29 is 4.74 Å². The van der Waals surface area contributed by atoms with E-state index in [1.54, 1.807) is 18.2 Å². The molecule has 0 aromatic heterocycles. The van der Waals surface area contributed by atoms with Crippen molar-refractivity contribution in [3.8, 4) is 17.6 Å². The van der Waals surface area contributed by atoms with Gasteiger partial charge in [-0.25, -0.2) is 0 Å². The third-order valence-electron chi connectivity index (χ3n) is 2.94. The smallest absolute Gasteiger partial charge is 0.133 e. The number of ether oxygens (including phenoxy) is 1. The molecule has 0 atom stereocenters. The van der Waals surface area contributed by atoms with Crippen LogP contribution in [-0.4, -0.2) is 0 Å². The summed E-state index contributed by atoms with van der Waals surface area (Å²) in [5.41, 5.74) is 2.56. The molecule has 2 rings (SSSR count). The van der Waals surface area contributed by atoms with E-state index in [0.717, 1.165) is 23.3 Å². The predicted octanol–water partition coefficient (Wildman–Crippen LogP) is 5.04. The highest BCUT2D eigenvalue weighted by Crippen LogP contribution is 2.31. The van der Waals surface area contributed by atoms with Crippen LogP contribution in [0.15, 0.2) is 49.1 Å². The van der Waals surface area contributed by atoms with Gasteiger partial charge in [-0.05, 0) is 36.6 Å². The molecule has 2 nitrogen and oxygen atoms in total. The fourth-order valence-corrected chi connectivity index (χ4v) is 2.16. The zero-order chi connectivity index (χ0) is 14.5. The second-order valence-corrected chi connectivity index (χ2v) is 4.82. The molecule has 2 aromatic rings. The van der Waals surface area contributed by atoms with Gasteiger partial charge in [0, 0.05) is 6.07 Å². The average Bonchev–Trinajstić information content (AvgIpc) is 2.43. The predicted molar refractivity (Wildman–Crippen MR) is 81.3 cm³/mol. The van der Waals surface area contributed by atoms with Gasteiger partial charge in [-0.3, -0.25) is 0 Å². The number of hydrogen-bond donors (Lipinski definition) is 0. The summed E-state index contributed by atoms with van der Waals surface area (Å²) in [6, 6.07) is 13.1.